The highest BCUT2D eigenvalue weighted by Gasteiger charge is 2.16. The van der Waals surface area contributed by atoms with Crippen LogP contribution in [0.1, 0.15) is 5.56 Å². The Hall–Kier alpha value is -2.84. The standard InChI is InChI=1S/C8H8N4O5/c9-8(15)11-10-3-4-1-6(13)7(14)2-5(4)12(16)17/h1-3,13-14H,(H3,9,11,15). The van der Waals surface area contributed by atoms with Crippen LogP contribution in [0, 0.1) is 10.1 Å². The van der Waals surface area contributed by atoms with Crippen LogP contribution < -0.4 is 11.2 Å². The van der Waals surface area contributed by atoms with Crippen molar-refractivity contribution in [1.82, 2.24) is 5.43 Å². The summed E-state index contributed by atoms with van der Waals surface area (Å²) in [5, 5.41) is 32.2. The van der Waals surface area contributed by atoms with Gasteiger partial charge in [0.15, 0.2) is 11.5 Å². The Morgan fingerprint density at radius 3 is 2.59 bits per heavy atom. The van der Waals surface area contributed by atoms with E-state index < -0.39 is 28.1 Å². The van der Waals surface area contributed by atoms with Crippen molar-refractivity contribution in [1.29, 1.82) is 0 Å². The third-order valence-corrected chi connectivity index (χ3v) is 1.70. The molecular formula is C8H8N4O5. The Balaban J connectivity index is 3.13. The number of urea groups is 1. The number of primary amides is 1. The molecule has 0 atom stereocenters. The van der Waals surface area contributed by atoms with Crippen LogP contribution in [0.3, 0.4) is 0 Å². The summed E-state index contributed by atoms with van der Waals surface area (Å²) in [6.07, 6.45) is 0.919. The predicted molar refractivity (Wildman–Crippen MR) is 56.7 cm³/mol. The molecule has 0 aliphatic carbocycles. The van der Waals surface area contributed by atoms with E-state index in [2.05, 4.69) is 5.10 Å². The summed E-state index contributed by atoms with van der Waals surface area (Å²) in [6.45, 7) is 0. The first-order valence-electron chi connectivity index (χ1n) is 4.20. The fourth-order valence-corrected chi connectivity index (χ4v) is 1.01. The van der Waals surface area contributed by atoms with E-state index in [1.807, 2.05) is 5.43 Å². The number of nitrogens with zero attached hydrogens (tertiary/aromatic N) is 2. The van der Waals surface area contributed by atoms with Gasteiger partial charge in [-0.2, -0.15) is 5.10 Å². The molecule has 0 unspecified atom stereocenters. The largest absolute Gasteiger partial charge is 0.504 e. The van der Waals surface area contributed by atoms with Crippen LogP contribution in [0.2, 0.25) is 0 Å². The van der Waals surface area contributed by atoms with Gasteiger partial charge in [0.05, 0.1) is 22.8 Å². The molecule has 0 heterocycles. The number of hydrazone groups is 1. The lowest BCUT2D eigenvalue weighted by molar-refractivity contribution is -0.385. The lowest BCUT2D eigenvalue weighted by Gasteiger charge is -2.01. The summed E-state index contributed by atoms with van der Waals surface area (Å²) in [5.74, 6) is -1.17. The van der Waals surface area contributed by atoms with Crippen LogP contribution in [0.25, 0.3) is 0 Å². The molecule has 1 aromatic carbocycles. The summed E-state index contributed by atoms with van der Waals surface area (Å²) >= 11 is 0. The van der Waals surface area contributed by atoms with E-state index in [1.165, 1.54) is 0 Å². The highest BCUT2D eigenvalue weighted by molar-refractivity contribution is 5.87. The van der Waals surface area contributed by atoms with Gasteiger partial charge in [0.1, 0.15) is 0 Å². The summed E-state index contributed by atoms with van der Waals surface area (Å²) in [7, 11) is 0. The number of rotatable bonds is 3. The summed E-state index contributed by atoms with van der Waals surface area (Å²) in [5.41, 5.74) is 5.98. The monoisotopic (exact) mass is 240 g/mol. The number of carbonyl (C=O) groups is 1. The van der Waals surface area contributed by atoms with Crippen LogP contribution in [0.5, 0.6) is 11.5 Å². The van der Waals surface area contributed by atoms with Crippen molar-refractivity contribution in [3.63, 3.8) is 0 Å². The first-order valence-corrected chi connectivity index (χ1v) is 4.20. The summed E-state index contributed by atoms with van der Waals surface area (Å²) < 4.78 is 0. The molecule has 9 nitrogen and oxygen atoms in total. The molecule has 1 aromatic rings. The average molecular weight is 240 g/mol. The van der Waals surface area contributed by atoms with Gasteiger partial charge in [-0.15, -0.1) is 0 Å². The van der Waals surface area contributed by atoms with Gasteiger partial charge < -0.3 is 15.9 Å². The maximum Gasteiger partial charge on any atom is 0.332 e. The van der Waals surface area contributed by atoms with E-state index in [-0.39, 0.29) is 5.56 Å². The lowest BCUT2D eigenvalue weighted by atomic mass is 10.1. The zero-order chi connectivity index (χ0) is 13.0. The highest BCUT2D eigenvalue weighted by Crippen LogP contribution is 2.31. The van der Waals surface area contributed by atoms with E-state index in [1.54, 1.807) is 0 Å². The number of hydrogen-bond acceptors (Lipinski definition) is 6. The fourth-order valence-electron chi connectivity index (χ4n) is 1.01. The van der Waals surface area contributed by atoms with Gasteiger partial charge in [-0.05, 0) is 6.07 Å². The number of benzene rings is 1. The molecule has 0 aromatic heterocycles. The zero-order valence-corrected chi connectivity index (χ0v) is 8.32. The second kappa shape index (κ2) is 4.79. The van der Waals surface area contributed by atoms with Crippen LogP contribution >= 0.6 is 0 Å². The third kappa shape index (κ3) is 3.06. The molecule has 0 fully saturated rings. The van der Waals surface area contributed by atoms with Crippen LogP contribution in [-0.4, -0.2) is 27.4 Å². The minimum atomic E-state index is -0.938. The number of amides is 2. The van der Waals surface area contributed by atoms with E-state index in [4.69, 9.17) is 15.9 Å². The van der Waals surface area contributed by atoms with Crippen molar-refractivity contribution in [2.75, 3.05) is 0 Å². The number of carbonyl (C=O) groups excluding carboxylic acids is 1. The molecule has 9 heteroatoms. The van der Waals surface area contributed by atoms with Crippen molar-refractivity contribution >= 4 is 17.9 Å². The van der Waals surface area contributed by atoms with Crippen molar-refractivity contribution in [3.8, 4) is 11.5 Å². The van der Waals surface area contributed by atoms with Gasteiger partial charge in [0.25, 0.3) is 5.69 Å². The second-order valence-electron chi connectivity index (χ2n) is 2.89. The van der Waals surface area contributed by atoms with Gasteiger partial charge >= 0.3 is 6.03 Å². The number of aromatic hydroxyl groups is 2. The van der Waals surface area contributed by atoms with Crippen LogP contribution in [0.15, 0.2) is 17.2 Å². The molecular weight excluding hydrogens is 232 g/mol. The van der Waals surface area contributed by atoms with E-state index in [0.717, 1.165) is 18.3 Å². The fraction of sp³-hybridized carbons (Fsp3) is 0. The second-order valence-corrected chi connectivity index (χ2v) is 2.89. The minimum absolute atomic E-state index is 0.0981. The van der Waals surface area contributed by atoms with Crippen LogP contribution in [-0.2, 0) is 0 Å². The van der Waals surface area contributed by atoms with Gasteiger partial charge in [-0.1, -0.05) is 0 Å². The smallest absolute Gasteiger partial charge is 0.332 e. The summed E-state index contributed by atoms with van der Waals surface area (Å²) in [4.78, 5) is 20.2. The lowest BCUT2D eigenvalue weighted by Crippen LogP contribution is -2.24. The molecule has 5 N–H and O–H groups in total. The summed E-state index contributed by atoms with van der Waals surface area (Å²) in [6, 6.07) is 0.757. The highest BCUT2D eigenvalue weighted by atomic mass is 16.6. The van der Waals surface area contributed by atoms with Crippen LogP contribution in [0.4, 0.5) is 10.5 Å². The van der Waals surface area contributed by atoms with Gasteiger partial charge in [-0.25, -0.2) is 10.2 Å². The number of nitro groups is 1. The Morgan fingerprint density at radius 1 is 1.47 bits per heavy atom. The average Bonchev–Trinajstić information content (AvgIpc) is 2.22. The van der Waals surface area contributed by atoms with Crippen molar-refractivity contribution in [2.45, 2.75) is 0 Å². The number of hydrogen-bond donors (Lipinski definition) is 4. The van der Waals surface area contributed by atoms with Gasteiger partial charge in [0, 0.05) is 0 Å². The Bertz CT molecular complexity index is 499. The van der Waals surface area contributed by atoms with E-state index in [0.29, 0.717) is 0 Å². The molecule has 0 saturated carbocycles. The topological polar surface area (TPSA) is 151 Å². The number of phenols is 2. The molecule has 0 aliphatic rings. The molecule has 2 amide bonds. The first kappa shape index (κ1) is 12.2. The number of nitro benzene ring substituents is 1. The Labute approximate surface area is 94.3 Å². The molecule has 0 spiro atoms. The van der Waals surface area contributed by atoms with Crippen molar-refractivity contribution in [3.05, 3.63) is 27.8 Å². The molecule has 0 aliphatic heterocycles. The molecule has 0 radical (unpaired) electrons. The van der Waals surface area contributed by atoms with Gasteiger partial charge in [0.2, 0.25) is 0 Å². The molecule has 90 valence electrons. The van der Waals surface area contributed by atoms with Crippen molar-refractivity contribution < 1.29 is 19.9 Å². The third-order valence-electron chi connectivity index (χ3n) is 1.70. The predicted octanol–water partition coefficient (Wildman–Crippen LogP) is 0.00820. The Kier molecular flexibility index (Phi) is 3.44. The van der Waals surface area contributed by atoms with E-state index >= 15 is 0 Å². The normalized spacial score (nSPS) is 10.4. The molecule has 0 saturated heterocycles. The minimum Gasteiger partial charge on any atom is -0.504 e. The number of nitrogens with one attached hydrogen (secondary N) is 1. The Morgan fingerprint density at radius 2 is 2.06 bits per heavy atom. The quantitative estimate of drug-likeness (QED) is 0.254. The van der Waals surface area contributed by atoms with E-state index in [9.17, 15) is 14.9 Å². The van der Waals surface area contributed by atoms with Gasteiger partial charge in [-0.3, -0.25) is 10.1 Å². The molecule has 17 heavy (non-hydrogen) atoms. The number of phenolic OH excluding ortho intramolecular Hbond substituents is 2. The number of nitrogens with two attached hydrogens (primary N) is 1. The van der Waals surface area contributed by atoms with Crippen molar-refractivity contribution in [2.24, 2.45) is 10.8 Å². The molecule has 0 bridgehead atoms. The maximum absolute atomic E-state index is 10.6. The first-order chi connectivity index (χ1) is 7.91. The maximum atomic E-state index is 10.6. The SMILES string of the molecule is NC(=O)NN=Cc1cc(O)c(O)cc1[N+](=O)[O-]. The zero-order valence-electron chi connectivity index (χ0n) is 8.32. The molecule has 1 rings (SSSR count).